The fraction of sp³-hybridized carbons (Fsp3) is 0.286. The van der Waals surface area contributed by atoms with Gasteiger partial charge in [0.25, 0.3) is 0 Å². The van der Waals surface area contributed by atoms with E-state index in [9.17, 15) is 0 Å². The van der Waals surface area contributed by atoms with Crippen LogP contribution in [0, 0.1) is 0 Å². The Balaban J connectivity index is 1.67. The summed E-state index contributed by atoms with van der Waals surface area (Å²) in [5.74, 6) is 2.20. The number of thioether (sulfide) groups is 1. The van der Waals surface area contributed by atoms with Crippen molar-refractivity contribution in [2.75, 3.05) is 18.9 Å². The van der Waals surface area contributed by atoms with E-state index < -0.39 is 0 Å². The molecule has 1 saturated heterocycles. The molecule has 108 valence electrons. The molecule has 0 atom stereocenters. The number of aromatic nitrogens is 2. The fourth-order valence-corrected chi connectivity index (χ4v) is 4.88. The van der Waals surface area contributed by atoms with E-state index in [1.54, 1.807) is 22.7 Å². The molecule has 2 N–H and O–H groups in total. The number of ether oxygens (including phenoxy) is 1. The van der Waals surface area contributed by atoms with Gasteiger partial charge in [-0.05, 0) is 11.4 Å². The van der Waals surface area contributed by atoms with Crippen LogP contribution in [-0.2, 0) is 10.5 Å². The van der Waals surface area contributed by atoms with E-state index in [0.717, 1.165) is 40.6 Å². The number of thiophene rings is 2. The second kappa shape index (κ2) is 5.57. The third-order valence-electron chi connectivity index (χ3n) is 3.35. The SMILES string of the molecule is Nc1nc(CSC2COC2)nc2scc(-c3cccs3)c12. The first kappa shape index (κ1) is 13.5. The summed E-state index contributed by atoms with van der Waals surface area (Å²) in [4.78, 5) is 11.3. The third-order valence-corrected chi connectivity index (χ3v) is 6.29. The minimum absolute atomic E-state index is 0.579. The summed E-state index contributed by atoms with van der Waals surface area (Å²) in [6.07, 6.45) is 0. The number of hydrogen-bond donors (Lipinski definition) is 1. The third kappa shape index (κ3) is 2.55. The standard InChI is InChI=1S/C14H13N3OS3/c15-13-12-9(10-2-1-3-19-10)6-21-14(12)17-11(16-13)7-20-8-4-18-5-8/h1-3,6,8H,4-5,7H2,(H2,15,16,17). The van der Waals surface area contributed by atoms with Crippen molar-refractivity contribution in [3.63, 3.8) is 0 Å². The molecule has 0 saturated carbocycles. The monoisotopic (exact) mass is 335 g/mol. The summed E-state index contributed by atoms with van der Waals surface area (Å²) in [7, 11) is 0. The van der Waals surface area contributed by atoms with Crippen LogP contribution in [0.1, 0.15) is 5.82 Å². The largest absolute Gasteiger partial charge is 0.383 e. The van der Waals surface area contributed by atoms with Gasteiger partial charge in [-0.2, -0.15) is 0 Å². The molecule has 1 aliphatic rings. The van der Waals surface area contributed by atoms with Gasteiger partial charge in [0, 0.05) is 15.8 Å². The van der Waals surface area contributed by atoms with Crippen LogP contribution in [0.2, 0.25) is 0 Å². The Morgan fingerprint density at radius 2 is 2.24 bits per heavy atom. The zero-order chi connectivity index (χ0) is 14.2. The fourth-order valence-electron chi connectivity index (χ4n) is 2.20. The van der Waals surface area contributed by atoms with Crippen LogP contribution >= 0.6 is 34.4 Å². The Morgan fingerprint density at radius 3 is 2.95 bits per heavy atom. The highest BCUT2D eigenvalue weighted by Gasteiger charge is 2.20. The van der Waals surface area contributed by atoms with E-state index in [-0.39, 0.29) is 0 Å². The van der Waals surface area contributed by atoms with Crippen LogP contribution in [0.4, 0.5) is 5.82 Å². The average molecular weight is 335 g/mol. The molecular weight excluding hydrogens is 322 g/mol. The van der Waals surface area contributed by atoms with Gasteiger partial charge in [0.1, 0.15) is 16.5 Å². The Morgan fingerprint density at radius 1 is 1.33 bits per heavy atom. The van der Waals surface area contributed by atoms with Gasteiger partial charge in [0.15, 0.2) is 0 Å². The van der Waals surface area contributed by atoms with Gasteiger partial charge >= 0.3 is 0 Å². The van der Waals surface area contributed by atoms with Gasteiger partial charge in [0.05, 0.1) is 29.6 Å². The topological polar surface area (TPSA) is 61.0 Å². The van der Waals surface area contributed by atoms with Crippen LogP contribution in [0.15, 0.2) is 22.9 Å². The molecule has 0 aliphatic carbocycles. The molecule has 7 heteroatoms. The van der Waals surface area contributed by atoms with Crippen molar-refractivity contribution in [3.05, 3.63) is 28.7 Å². The lowest BCUT2D eigenvalue weighted by Gasteiger charge is -2.24. The number of hydrogen-bond acceptors (Lipinski definition) is 7. The van der Waals surface area contributed by atoms with Gasteiger partial charge in [-0.3, -0.25) is 0 Å². The number of rotatable bonds is 4. The van der Waals surface area contributed by atoms with E-state index >= 15 is 0 Å². The van der Waals surface area contributed by atoms with Crippen LogP contribution in [-0.4, -0.2) is 28.4 Å². The summed E-state index contributed by atoms with van der Waals surface area (Å²) in [5, 5.41) is 5.76. The lowest BCUT2D eigenvalue weighted by Crippen LogP contribution is -2.30. The molecular formula is C14H13N3OS3. The minimum atomic E-state index is 0.579. The van der Waals surface area contributed by atoms with Crippen molar-refractivity contribution in [1.29, 1.82) is 0 Å². The van der Waals surface area contributed by atoms with Crippen LogP contribution in [0.3, 0.4) is 0 Å². The van der Waals surface area contributed by atoms with Crippen molar-refractivity contribution in [2.45, 2.75) is 11.0 Å². The lowest BCUT2D eigenvalue weighted by atomic mass is 10.2. The smallest absolute Gasteiger partial charge is 0.142 e. The van der Waals surface area contributed by atoms with Crippen LogP contribution < -0.4 is 5.73 Å². The summed E-state index contributed by atoms with van der Waals surface area (Å²) >= 11 is 5.19. The van der Waals surface area contributed by atoms with Crippen LogP contribution in [0.25, 0.3) is 20.7 Å². The summed E-state index contributed by atoms with van der Waals surface area (Å²) < 4.78 is 5.18. The summed E-state index contributed by atoms with van der Waals surface area (Å²) in [6, 6.07) is 4.15. The quantitative estimate of drug-likeness (QED) is 0.789. The highest BCUT2D eigenvalue weighted by molar-refractivity contribution is 7.99. The van der Waals surface area contributed by atoms with E-state index in [0.29, 0.717) is 11.1 Å². The van der Waals surface area contributed by atoms with E-state index in [1.807, 2.05) is 17.8 Å². The molecule has 4 nitrogen and oxygen atoms in total. The highest BCUT2D eigenvalue weighted by Crippen LogP contribution is 2.38. The highest BCUT2D eigenvalue weighted by atomic mass is 32.2. The van der Waals surface area contributed by atoms with E-state index in [2.05, 4.69) is 26.8 Å². The van der Waals surface area contributed by atoms with Crippen LogP contribution in [0.5, 0.6) is 0 Å². The first-order valence-corrected chi connectivity index (χ1v) is 9.39. The maximum absolute atomic E-state index is 6.19. The molecule has 0 spiro atoms. The molecule has 0 radical (unpaired) electrons. The number of anilines is 1. The van der Waals surface area contributed by atoms with Gasteiger partial charge in [-0.15, -0.1) is 34.4 Å². The first-order chi connectivity index (χ1) is 10.3. The van der Waals surface area contributed by atoms with Gasteiger partial charge in [-0.1, -0.05) is 6.07 Å². The molecule has 4 heterocycles. The van der Waals surface area contributed by atoms with E-state index in [1.165, 1.54) is 4.88 Å². The number of fused-ring (bicyclic) bond motifs is 1. The van der Waals surface area contributed by atoms with Crippen molar-refractivity contribution in [2.24, 2.45) is 0 Å². The normalized spacial score (nSPS) is 15.4. The lowest BCUT2D eigenvalue weighted by molar-refractivity contribution is 0.0455. The Bertz CT molecular complexity index is 765. The predicted octanol–water partition coefficient (Wildman–Crippen LogP) is 3.63. The second-order valence-corrected chi connectivity index (χ2v) is 7.90. The first-order valence-electron chi connectivity index (χ1n) is 6.58. The molecule has 1 fully saturated rings. The number of nitrogens with zero attached hydrogens (tertiary/aromatic N) is 2. The number of nitrogens with two attached hydrogens (primary N) is 1. The van der Waals surface area contributed by atoms with Crippen molar-refractivity contribution in [3.8, 4) is 10.4 Å². The molecule has 0 bridgehead atoms. The Kier molecular flexibility index (Phi) is 3.58. The molecule has 1 aliphatic heterocycles. The molecule has 0 aromatic carbocycles. The maximum atomic E-state index is 6.19. The Labute approximate surface area is 134 Å². The molecule has 3 aromatic heterocycles. The summed E-state index contributed by atoms with van der Waals surface area (Å²) in [6.45, 7) is 1.67. The zero-order valence-electron chi connectivity index (χ0n) is 11.1. The average Bonchev–Trinajstić information content (AvgIpc) is 3.04. The Hall–Kier alpha value is -1.15. The van der Waals surface area contributed by atoms with Crippen molar-refractivity contribution < 1.29 is 4.74 Å². The molecule has 3 aromatic rings. The van der Waals surface area contributed by atoms with Crippen molar-refractivity contribution in [1.82, 2.24) is 9.97 Å². The predicted molar refractivity (Wildman–Crippen MR) is 91.0 cm³/mol. The van der Waals surface area contributed by atoms with Gasteiger partial charge in [0.2, 0.25) is 0 Å². The number of nitrogen functional groups attached to an aromatic ring is 1. The molecule has 21 heavy (non-hydrogen) atoms. The van der Waals surface area contributed by atoms with E-state index in [4.69, 9.17) is 10.5 Å². The van der Waals surface area contributed by atoms with Crippen molar-refractivity contribution >= 4 is 50.5 Å². The van der Waals surface area contributed by atoms with Gasteiger partial charge < -0.3 is 10.5 Å². The minimum Gasteiger partial charge on any atom is -0.383 e. The van der Waals surface area contributed by atoms with Gasteiger partial charge in [-0.25, -0.2) is 9.97 Å². The maximum Gasteiger partial charge on any atom is 0.142 e. The zero-order valence-corrected chi connectivity index (χ0v) is 13.6. The molecule has 0 amide bonds. The second-order valence-electron chi connectivity index (χ2n) is 4.80. The molecule has 0 unspecified atom stereocenters. The molecule has 4 rings (SSSR count). The summed E-state index contributed by atoms with van der Waals surface area (Å²) in [5.41, 5.74) is 7.33.